The van der Waals surface area contributed by atoms with Crippen molar-refractivity contribution >= 4 is 11.3 Å². The molecule has 0 aromatic carbocycles. The quantitative estimate of drug-likeness (QED) is 0.815. The van der Waals surface area contributed by atoms with Gasteiger partial charge in [0.2, 0.25) is 0 Å². The van der Waals surface area contributed by atoms with Gasteiger partial charge in [-0.25, -0.2) is 4.98 Å². The van der Waals surface area contributed by atoms with Crippen molar-refractivity contribution in [3.05, 3.63) is 16.6 Å². The van der Waals surface area contributed by atoms with Crippen molar-refractivity contribution in [3.8, 4) is 0 Å². The summed E-state index contributed by atoms with van der Waals surface area (Å²) in [4.78, 5) is 4.53. The van der Waals surface area contributed by atoms with E-state index in [9.17, 15) is 0 Å². The van der Waals surface area contributed by atoms with Gasteiger partial charge in [0.15, 0.2) is 0 Å². The summed E-state index contributed by atoms with van der Waals surface area (Å²) in [6, 6.07) is 0. The Kier molecular flexibility index (Phi) is 3.98. The Bertz CT molecular complexity index is 310. The predicted molar refractivity (Wildman–Crippen MR) is 69.7 cm³/mol. The zero-order chi connectivity index (χ0) is 11.4. The molecular weight excluding hydrogens is 216 g/mol. The fraction of sp³-hybridized carbons (Fsp3) is 0.769. The highest BCUT2D eigenvalue weighted by Gasteiger charge is 2.35. The van der Waals surface area contributed by atoms with E-state index in [1.807, 2.05) is 6.20 Å². The minimum atomic E-state index is 0.165. The molecule has 2 nitrogen and oxygen atoms in total. The Labute approximate surface area is 102 Å². The lowest BCUT2D eigenvalue weighted by atomic mass is 9.90. The number of hydrogen-bond donors (Lipinski definition) is 1. The van der Waals surface area contributed by atoms with Gasteiger partial charge in [-0.05, 0) is 32.2 Å². The van der Waals surface area contributed by atoms with Crippen LogP contribution in [0.2, 0.25) is 0 Å². The maximum Gasteiger partial charge on any atom is 0.113 e. The van der Waals surface area contributed by atoms with E-state index in [1.165, 1.54) is 43.5 Å². The van der Waals surface area contributed by atoms with E-state index in [4.69, 9.17) is 0 Å². The van der Waals surface area contributed by atoms with Crippen LogP contribution >= 0.6 is 11.3 Å². The second-order valence-corrected chi connectivity index (χ2v) is 5.77. The molecule has 1 saturated carbocycles. The van der Waals surface area contributed by atoms with E-state index in [0.717, 1.165) is 5.92 Å². The summed E-state index contributed by atoms with van der Waals surface area (Å²) in [7, 11) is 2.09. The molecule has 0 amide bonds. The van der Waals surface area contributed by atoms with Crippen molar-refractivity contribution in [2.24, 2.45) is 5.92 Å². The number of nitrogens with one attached hydrogen (secondary N) is 1. The smallest absolute Gasteiger partial charge is 0.113 e. The van der Waals surface area contributed by atoms with Gasteiger partial charge >= 0.3 is 0 Å². The van der Waals surface area contributed by atoms with Crippen LogP contribution in [-0.4, -0.2) is 12.0 Å². The number of hydrogen-bond acceptors (Lipinski definition) is 3. The van der Waals surface area contributed by atoms with Crippen LogP contribution in [0.3, 0.4) is 0 Å². The highest BCUT2D eigenvalue weighted by Crippen LogP contribution is 2.39. The normalized spacial score (nSPS) is 31.2. The Morgan fingerprint density at radius 2 is 2.38 bits per heavy atom. The van der Waals surface area contributed by atoms with Gasteiger partial charge in [-0.3, -0.25) is 0 Å². The summed E-state index contributed by atoms with van der Waals surface area (Å²) in [6.07, 6.45) is 9.82. The second kappa shape index (κ2) is 5.28. The molecule has 1 aromatic heterocycles. The molecule has 0 radical (unpaired) electrons. The van der Waals surface area contributed by atoms with E-state index in [1.54, 1.807) is 11.3 Å². The van der Waals surface area contributed by atoms with Crippen molar-refractivity contribution in [1.82, 2.24) is 10.3 Å². The summed E-state index contributed by atoms with van der Waals surface area (Å²) >= 11 is 1.80. The van der Waals surface area contributed by atoms with Crippen LogP contribution in [0, 0.1) is 5.92 Å². The number of nitrogens with zero attached hydrogens (tertiary/aromatic N) is 1. The molecule has 1 N–H and O–H groups in total. The molecule has 2 rings (SSSR count). The zero-order valence-corrected chi connectivity index (χ0v) is 11.1. The summed E-state index contributed by atoms with van der Waals surface area (Å²) in [5, 5.41) is 6.93. The molecular formula is C13H22N2S. The Hall–Kier alpha value is -0.410. The number of aromatic nitrogens is 1. The van der Waals surface area contributed by atoms with Crippen molar-refractivity contribution in [2.45, 2.75) is 51.0 Å². The Balaban J connectivity index is 2.15. The monoisotopic (exact) mass is 238 g/mol. The molecule has 1 aliphatic carbocycles. The van der Waals surface area contributed by atoms with Gasteiger partial charge in [0.25, 0.3) is 0 Å². The Morgan fingerprint density at radius 1 is 1.50 bits per heavy atom. The maximum atomic E-state index is 4.53. The molecule has 0 aliphatic heterocycles. The third-order valence-corrected chi connectivity index (χ3v) is 5.07. The van der Waals surface area contributed by atoms with Crippen molar-refractivity contribution in [1.29, 1.82) is 0 Å². The fourth-order valence-electron chi connectivity index (χ4n) is 2.85. The lowest BCUT2D eigenvalue weighted by Crippen LogP contribution is -2.39. The molecule has 90 valence electrons. The molecule has 1 aromatic rings. The lowest BCUT2D eigenvalue weighted by Gasteiger charge is -2.30. The van der Waals surface area contributed by atoms with Crippen LogP contribution in [0.4, 0.5) is 0 Å². The van der Waals surface area contributed by atoms with Gasteiger partial charge in [0, 0.05) is 11.6 Å². The van der Waals surface area contributed by atoms with Crippen LogP contribution < -0.4 is 5.32 Å². The largest absolute Gasteiger partial charge is 0.308 e. The first-order valence-corrected chi connectivity index (χ1v) is 7.27. The SMILES string of the molecule is CCC1CCCC(NC)(c2nccs2)CC1. The van der Waals surface area contributed by atoms with Crippen LogP contribution in [0.15, 0.2) is 11.6 Å². The van der Waals surface area contributed by atoms with Crippen molar-refractivity contribution in [2.75, 3.05) is 7.05 Å². The summed E-state index contributed by atoms with van der Waals surface area (Å²) in [6.45, 7) is 2.32. The van der Waals surface area contributed by atoms with Crippen LogP contribution in [0.5, 0.6) is 0 Å². The summed E-state index contributed by atoms with van der Waals surface area (Å²) in [5.74, 6) is 0.926. The first-order chi connectivity index (χ1) is 7.80. The van der Waals surface area contributed by atoms with Gasteiger partial charge < -0.3 is 5.32 Å². The predicted octanol–water partition coefficient (Wildman–Crippen LogP) is 3.55. The number of thiazole rings is 1. The molecule has 0 saturated heterocycles. The zero-order valence-electron chi connectivity index (χ0n) is 10.3. The third-order valence-electron chi connectivity index (χ3n) is 4.09. The highest BCUT2D eigenvalue weighted by molar-refractivity contribution is 7.09. The summed E-state index contributed by atoms with van der Waals surface area (Å²) < 4.78 is 0. The fourth-order valence-corrected chi connectivity index (χ4v) is 3.76. The molecule has 1 heterocycles. The molecule has 2 atom stereocenters. The van der Waals surface area contributed by atoms with E-state index in [2.05, 4.69) is 29.7 Å². The topological polar surface area (TPSA) is 24.9 Å². The van der Waals surface area contributed by atoms with Crippen LogP contribution in [0.1, 0.15) is 50.5 Å². The van der Waals surface area contributed by atoms with Gasteiger partial charge in [0.1, 0.15) is 5.01 Å². The van der Waals surface area contributed by atoms with Gasteiger partial charge in [-0.2, -0.15) is 0 Å². The average Bonchev–Trinajstić information content (AvgIpc) is 2.77. The molecule has 0 spiro atoms. The second-order valence-electron chi connectivity index (χ2n) is 4.87. The van der Waals surface area contributed by atoms with Crippen LogP contribution in [-0.2, 0) is 5.54 Å². The molecule has 2 unspecified atom stereocenters. The van der Waals surface area contributed by atoms with Crippen molar-refractivity contribution < 1.29 is 0 Å². The molecule has 1 fully saturated rings. The highest BCUT2D eigenvalue weighted by atomic mass is 32.1. The average molecular weight is 238 g/mol. The first-order valence-electron chi connectivity index (χ1n) is 6.39. The third kappa shape index (κ3) is 2.30. The summed E-state index contributed by atoms with van der Waals surface area (Å²) in [5.41, 5.74) is 0.165. The lowest BCUT2D eigenvalue weighted by molar-refractivity contribution is 0.306. The minimum absolute atomic E-state index is 0.165. The van der Waals surface area contributed by atoms with Crippen LogP contribution in [0.25, 0.3) is 0 Å². The molecule has 16 heavy (non-hydrogen) atoms. The van der Waals surface area contributed by atoms with Gasteiger partial charge in [0.05, 0.1) is 5.54 Å². The first kappa shape index (κ1) is 12.1. The van der Waals surface area contributed by atoms with Gasteiger partial charge in [-0.1, -0.05) is 26.2 Å². The molecule has 1 aliphatic rings. The van der Waals surface area contributed by atoms with E-state index >= 15 is 0 Å². The van der Waals surface area contributed by atoms with E-state index in [0.29, 0.717) is 0 Å². The van der Waals surface area contributed by atoms with E-state index < -0.39 is 0 Å². The van der Waals surface area contributed by atoms with Crippen molar-refractivity contribution in [3.63, 3.8) is 0 Å². The maximum absolute atomic E-state index is 4.53. The minimum Gasteiger partial charge on any atom is -0.308 e. The molecule has 0 bridgehead atoms. The standard InChI is InChI=1S/C13H22N2S/c1-3-11-5-4-7-13(14-2,8-6-11)12-15-9-10-16-12/h9-11,14H,3-8H2,1-2H3. The number of rotatable bonds is 3. The van der Waals surface area contributed by atoms with E-state index in [-0.39, 0.29) is 5.54 Å². The Morgan fingerprint density at radius 3 is 3.00 bits per heavy atom. The molecule has 3 heteroatoms. The van der Waals surface area contributed by atoms with Gasteiger partial charge in [-0.15, -0.1) is 11.3 Å².